The minimum absolute atomic E-state index is 0.0243. The Hall–Kier alpha value is -3.18. The molecule has 156 valence electrons. The van der Waals surface area contributed by atoms with Crippen molar-refractivity contribution in [2.24, 2.45) is 0 Å². The molecule has 1 amide bonds. The maximum Gasteiger partial charge on any atom is 0.277 e. The van der Waals surface area contributed by atoms with Crippen LogP contribution in [0.3, 0.4) is 0 Å². The van der Waals surface area contributed by atoms with E-state index in [9.17, 15) is 13.6 Å². The molecule has 11 heteroatoms. The molecule has 1 saturated heterocycles. The Balaban J connectivity index is 1.56. The summed E-state index contributed by atoms with van der Waals surface area (Å²) >= 11 is 0.824. The summed E-state index contributed by atoms with van der Waals surface area (Å²) in [5.41, 5.74) is 5.69. The monoisotopic (exact) mass is 432 g/mol. The lowest BCUT2D eigenvalue weighted by atomic mass is 10.1. The van der Waals surface area contributed by atoms with Crippen molar-refractivity contribution in [1.29, 1.82) is 0 Å². The van der Waals surface area contributed by atoms with Crippen LogP contribution in [0.4, 0.5) is 19.5 Å². The molecule has 4 rings (SSSR count). The average Bonchev–Trinajstić information content (AvgIpc) is 3.11. The molecule has 0 spiro atoms. The van der Waals surface area contributed by atoms with Crippen LogP contribution < -0.4 is 21.1 Å². The number of halogens is 2. The molecule has 0 unspecified atom stereocenters. The number of hydrogen-bond donors (Lipinski definition) is 3. The van der Waals surface area contributed by atoms with Crippen LogP contribution in [-0.4, -0.2) is 40.1 Å². The molecule has 1 fully saturated rings. The number of carbonyl (C=O) groups is 1. The average molecular weight is 432 g/mol. The molecule has 2 aromatic heterocycles. The van der Waals surface area contributed by atoms with Gasteiger partial charge in [0.15, 0.2) is 5.69 Å². The maximum absolute atomic E-state index is 14.0. The first kappa shape index (κ1) is 20.1. The highest BCUT2D eigenvalue weighted by Gasteiger charge is 2.23. The fourth-order valence-electron chi connectivity index (χ4n) is 3.05. The van der Waals surface area contributed by atoms with Gasteiger partial charge in [0.25, 0.3) is 5.91 Å². The summed E-state index contributed by atoms with van der Waals surface area (Å²) in [7, 11) is 0. The van der Waals surface area contributed by atoms with E-state index < -0.39 is 17.5 Å². The van der Waals surface area contributed by atoms with E-state index in [1.54, 1.807) is 0 Å². The number of carbonyl (C=O) groups excluding carboxylic acids is 1. The first-order valence-electron chi connectivity index (χ1n) is 9.22. The first-order valence-corrected chi connectivity index (χ1v) is 10.0. The lowest BCUT2D eigenvalue weighted by Crippen LogP contribution is -2.34. The fraction of sp³-hybridized carbons (Fsp3) is 0.263. The highest BCUT2D eigenvalue weighted by Crippen LogP contribution is 2.34. The number of benzene rings is 1. The Morgan fingerprint density at radius 1 is 1.27 bits per heavy atom. The van der Waals surface area contributed by atoms with E-state index in [-0.39, 0.29) is 38.9 Å². The summed E-state index contributed by atoms with van der Waals surface area (Å²) in [5, 5.41) is 5.87. The number of aromatic nitrogens is 3. The van der Waals surface area contributed by atoms with Gasteiger partial charge in [0.05, 0.1) is 11.8 Å². The van der Waals surface area contributed by atoms with Crippen molar-refractivity contribution in [2.45, 2.75) is 18.9 Å². The number of nitrogens with zero attached hydrogens (tertiary/aromatic N) is 3. The Morgan fingerprint density at radius 3 is 2.73 bits per heavy atom. The molecule has 3 aromatic rings. The molecule has 30 heavy (non-hydrogen) atoms. The number of hydrogen-bond acceptors (Lipinski definition) is 8. The zero-order chi connectivity index (χ0) is 21.1. The van der Waals surface area contributed by atoms with E-state index >= 15 is 0 Å². The van der Waals surface area contributed by atoms with Gasteiger partial charge in [-0.25, -0.2) is 18.7 Å². The molecule has 0 radical (unpaired) electrons. The molecule has 4 N–H and O–H groups in total. The third kappa shape index (κ3) is 4.21. The number of rotatable bonds is 5. The third-order valence-electron chi connectivity index (χ3n) is 4.53. The number of nitrogen functional groups attached to an aromatic ring is 1. The minimum atomic E-state index is -0.787. The molecular formula is C19H18F2N6O2S. The van der Waals surface area contributed by atoms with Gasteiger partial charge in [-0.1, -0.05) is 17.4 Å². The molecular weight excluding hydrogens is 414 g/mol. The van der Waals surface area contributed by atoms with Gasteiger partial charge in [0, 0.05) is 0 Å². The van der Waals surface area contributed by atoms with Gasteiger partial charge in [0.2, 0.25) is 5.88 Å². The Bertz CT molecular complexity index is 1050. The predicted octanol–water partition coefficient (Wildman–Crippen LogP) is 2.84. The lowest BCUT2D eigenvalue weighted by molar-refractivity contribution is 0.102. The number of thiazole rings is 1. The van der Waals surface area contributed by atoms with Crippen LogP contribution in [0.25, 0.3) is 10.6 Å². The van der Waals surface area contributed by atoms with Gasteiger partial charge in [-0.15, -0.1) is 0 Å². The van der Waals surface area contributed by atoms with Gasteiger partial charge in [-0.05, 0) is 38.1 Å². The van der Waals surface area contributed by atoms with E-state index in [1.165, 1.54) is 18.6 Å². The van der Waals surface area contributed by atoms with Crippen molar-refractivity contribution in [1.82, 2.24) is 20.3 Å². The minimum Gasteiger partial charge on any atom is -0.473 e. The number of nitrogens with two attached hydrogens (primary N) is 1. The maximum atomic E-state index is 14.0. The van der Waals surface area contributed by atoms with E-state index in [4.69, 9.17) is 10.5 Å². The zero-order valence-corrected chi connectivity index (χ0v) is 16.5. The smallest absolute Gasteiger partial charge is 0.277 e. The largest absolute Gasteiger partial charge is 0.473 e. The third-order valence-corrected chi connectivity index (χ3v) is 5.44. The summed E-state index contributed by atoms with van der Waals surface area (Å²) < 4.78 is 34.0. The molecule has 1 aliphatic heterocycles. The quantitative estimate of drug-likeness (QED) is 0.568. The number of amides is 1. The Morgan fingerprint density at radius 2 is 2.00 bits per heavy atom. The van der Waals surface area contributed by atoms with Crippen LogP contribution >= 0.6 is 11.3 Å². The number of ether oxygens (including phenoxy) is 1. The zero-order valence-electron chi connectivity index (χ0n) is 15.7. The van der Waals surface area contributed by atoms with Crippen molar-refractivity contribution < 1.29 is 18.3 Å². The molecule has 0 atom stereocenters. The van der Waals surface area contributed by atoms with Gasteiger partial charge in [-0.2, -0.15) is 4.98 Å². The standard InChI is InChI=1S/C19H18F2N6O2S/c20-11-2-1-3-12(21)14(11)19-27-15(16(22)30-19)17(28)26-13-8-24-9-25-18(13)29-10-4-6-23-7-5-10/h1-3,8-10,23H,4-7,22H2,(H,26,28). The second kappa shape index (κ2) is 8.67. The second-order valence-electron chi connectivity index (χ2n) is 6.59. The molecule has 0 aliphatic carbocycles. The second-order valence-corrected chi connectivity index (χ2v) is 7.62. The van der Waals surface area contributed by atoms with Crippen molar-refractivity contribution in [3.63, 3.8) is 0 Å². The molecule has 0 saturated carbocycles. The first-order chi connectivity index (χ1) is 14.5. The lowest BCUT2D eigenvalue weighted by Gasteiger charge is -2.24. The van der Waals surface area contributed by atoms with E-state index in [0.717, 1.165) is 49.4 Å². The van der Waals surface area contributed by atoms with Crippen molar-refractivity contribution in [3.05, 3.63) is 48.1 Å². The number of anilines is 2. The summed E-state index contributed by atoms with van der Waals surface area (Å²) in [6.07, 6.45) is 4.32. The molecule has 1 aliphatic rings. The Labute approximate surface area is 174 Å². The van der Waals surface area contributed by atoms with Crippen molar-refractivity contribution in [2.75, 3.05) is 24.1 Å². The predicted molar refractivity (Wildman–Crippen MR) is 108 cm³/mol. The SMILES string of the molecule is Nc1sc(-c2c(F)cccc2F)nc1C(=O)Nc1cncnc1OC1CCNCC1. The molecule has 3 heterocycles. The van der Waals surface area contributed by atoms with Crippen LogP contribution in [0.5, 0.6) is 5.88 Å². The highest BCUT2D eigenvalue weighted by atomic mass is 32.1. The van der Waals surface area contributed by atoms with E-state index in [1.807, 2.05) is 0 Å². The van der Waals surface area contributed by atoms with Crippen LogP contribution in [0.2, 0.25) is 0 Å². The Kier molecular flexibility index (Phi) is 5.81. The summed E-state index contributed by atoms with van der Waals surface area (Å²) in [6, 6.07) is 3.47. The van der Waals surface area contributed by atoms with Crippen molar-refractivity contribution in [3.8, 4) is 16.5 Å². The molecule has 8 nitrogen and oxygen atoms in total. The van der Waals surface area contributed by atoms with Gasteiger partial charge < -0.3 is 21.1 Å². The van der Waals surface area contributed by atoms with Crippen LogP contribution in [0.15, 0.2) is 30.7 Å². The van der Waals surface area contributed by atoms with Gasteiger partial charge >= 0.3 is 0 Å². The van der Waals surface area contributed by atoms with E-state index in [2.05, 4.69) is 25.6 Å². The number of piperidine rings is 1. The summed E-state index contributed by atoms with van der Waals surface area (Å²) in [6.45, 7) is 1.67. The fourth-order valence-corrected chi connectivity index (χ4v) is 3.93. The molecule has 0 bridgehead atoms. The van der Waals surface area contributed by atoms with Crippen LogP contribution in [-0.2, 0) is 0 Å². The van der Waals surface area contributed by atoms with Gasteiger partial charge in [-0.3, -0.25) is 4.79 Å². The van der Waals surface area contributed by atoms with Crippen LogP contribution in [0.1, 0.15) is 23.3 Å². The van der Waals surface area contributed by atoms with Gasteiger partial charge in [0.1, 0.15) is 39.8 Å². The summed E-state index contributed by atoms with van der Waals surface area (Å²) in [4.78, 5) is 24.8. The highest BCUT2D eigenvalue weighted by molar-refractivity contribution is 7.19. The van der Waals surface area contributed by atoms with Crippen LogP contribution in [0, 0.1) is 11.6 Å². The number of nitrogens with one attached hydrogen (secondary N) is 2. The topological polar surface area (TPSA) is 115 Å². The molecule has 1 aromatic carbocycles. The van der Waals surface area contributed by atoms with Crippen molar-refractivity contribution >= 4 is 27.9 Å². The normalized spacial score (nSPS) is 14.5. The summed E-state index contributed by atoms with van der Waals surface area (Å²) in [5.74, 6) is -1.99. The van der Waals surface area contributed by atoms with E-state index in [0.29, 0.717) is 0 Å².